The monoisotopic (exact) mass is 874 g/mol. The number of carbonyl (C=O) groups excluding carboxylic acids is 2. The van der Waals surface area contributed by atoms with Crippen molar-refractivity contribution in [2.45, 2.75) is 23.6 Å². The second-order valence-electron chi connectivity index (χ2n) is 13.2. The van der Waals surface area contributed by atoms with Gasteiger partial charge in [0.15, 0.2) is 13.1 Å². The Hall–Kier alpha value is -6.66. The number of alkyl halides is 6. The number of carboxylic acid groups (broad SMARTS) is 2. The van der Waals surface area contributed by atoms with Gasteiger partial charge in [-0.15, -0.1) is 0 Å². The van der Waals surface area contributed by atoms with E-state index in [1.165, 1.54) is 50.6 Å². The van der Waals surface area contributed by atoms with Crippen molar-refractivity contribution < 1.29 is 83.9 Å². The second-order valence-corrected chi connectivity index (χ2v) is 13.2. The fourth-order valence-electron chi connectivity index (χ4n) is 6.30. The number of nitrogens with one attached hydrogen (secondary N) is 2. The van der Waals surface area contributed by atoms with Crippen LogP contribution in [0.4, 0.5) is 35.1 Å². The van der Waals surface area contributed by atoms with E-state index in [1.54, 1.807) is 72.8 Å². The third-order valence-electron chi connectivity index (χ3n) is 9.55. The van der Waals surface area contributed by atoms with E-state index in [-0.39, 0.29) is 22.8 Å². The number of rotatable bonds is 10. The third kappa shape index (κ3) is 11.2. The number of aliphatic carboxylic acids is 2. The summed E-state index contributed by atoms with van der Waals surface area (Å²) in [7, 11) is 4.86. The summed E-state index contributed by atoms with van der Waals surface area (Å²) in [5, 5.41) is 18.8. The molecule has 0 aliphatic carbocycles. The van der Waals surface area contributed by atoms with Crippen LogP contribution in [-0.2, 0) is 30.3 Å². The van der Waals surface area contributed by atoms with Crippen molar-refractivity contribution in [3.8, 4) is 11.5 Å². The summed E-state index contributed by atoms with van der Waals surface area (Å²) in [6, 6.07) is 20.6. The first-order chi connectivity index (χ1) is 29.2. The van der Waals surface area contributed by atoms with Gasteiger partial charge in [-0.05, 0) is 96.1 Å². The van der Waals surface area contributed by atoms with Crippen LogP contribution in [0.1, 0.15) is 33.4 Å². The first-order valence-electron chi connectivity index (χ1n) is 18.0. The van der Waals surface area contributed by atoms with Gasteiger partial charge in [0.05, 0.1) is 37.3 Å². The molecule has 0 saturated carbocycles. The number of hydrogen-bond acceptors (Lipinski definition) is 8. The minimum absolute atomic E-state index is 0.0191. The standard InChI is InChI=1S/2C20H17F4NO2.C4H4O4/c2*1-26-15-8-9-16-17(11-15)19(27-2,20(22,23)24)12-25-18(16)10-5-13-3-6-14(21)7-4-13;5-3(6)1-2-4(7)8/h2*3-11H,12H2,1-2H3;1-2H,(H,5,6)(H,7,8)/b;;2-1-. The number of allylic oxidation sites excluding steroid dienone is 2. The number of halogens is 8. The molecule has 0 saturated heterocycles. The molecule has 0 spiro atoms. The van der Waals surface area contributed by atoms with Crippen LogP contribution >= 0.6 is 0 Å². The molecule has 10 nitrogen and oxygen atoms in total. The summed E-state index contributed by atoms with van der Waals surface area (Å²) in [5.41, 5.74) is -1.82. The minimum atomic E-state index is -4.62. The number of ether oxygens (including phenoxy) is 4. The summed E-state index contributed by atoms with van der Waals surface area (Å²) in [4.78, 5) is 24.5. The smallest absolute Gasteiger partial charge is 0.428 e. The quantitative estimate of drug-likeness (QED) is 0.183. The lowest BCUT2D eigenvalue weighted by atomic mass is 9.84. The van der Waals surface area contributed by atoms with Gasteiger partial charge in [0.25, 0.3) is 0 Å². The maximum absolute atomic E-state index is 13.9. The van der Waals surface area contributed by atoms with E-state index >= 15 is 0 Å². The van der Waals surface area contributed by atoms with E-state index in [1.807, 2.05) is 0 Å². The summed E-state index contributed by atoms with van der Waals surface area (Å²) in [6.07, 6.45) is -1.76. The molecule has 0 bridgehead atoms. The van der Waals surface area contributed by atoms with Crippen LogP contribution in [0.5, 0.6) is 11.5 Å². The van der Waals surface area contributed by atoms with Gasteiger partial charge in [0.2, 0.25) is 22.6 Å². The molecule has 2 aliphatic rings. The average Bonchev–Trinajstić information content (AvgIpc) is 3.24. The first kappa shape index (κ1) is 48.0. The maximum atomic E-state index is 13.9. The Balaban J connectivity index is 0.000000232. The van der Waals surface area contributed by atoms with Crippen molar-refractivity contribution in [3.63, 3.8) is 0 Å². The highest BCUT2D eigenvalue weighted by molar-refractivity contribution is 6.09. The number of carboxylic acids is 2. The van der Waals surface area contributed by atoms with Crippen molar-refractivity contribution >= 4 is 35.5 Å². The van der Waals surface area contributed by atoms with E-state index < -0.39 is 48.6 Å². The molecule has 0 amide bonds. The largest absolute Gasteiger partial charge is 0.545 e. The molecule has 18 heteroatoms. The molecule has 4 aromatic carbocycles. The van der Waals surface area contributed by atoms with Crippen molar-refractivity contribution in [2.75, 3.05) is 41.5 Å². The summed E-state index contributed by atoms with van der Waals surface area (Å²) < 4.78 is 129. The highest BCUT2D eigenvalue weighted by Crippen LogP contribution is 2.45. The Kier molecular flexibility index (Phi) is 15.7. The normalized spacial score (nSPS) is 18.4. The summed E-state index contributed by atoms with van der Waals surface area (Å²) in [5.74, 6) is -3.19. The van der Waals surface area contributed by atoms with Gasteiger partial charge >= 0.3 is 12.4 Å². The van der Waals surface area contributed by atoms with Gasteiger partial charge in [0, 0.05) is 37.5 Å². The van der Waals surface area contributed by atoms with Crippen LogP contribution in [0.15, 0.2) is 109 Å². The fraction of sp³-hybridized carbons (Fsp3) is 0.227. The second kappa shape index (κ2) is 20.3. The van der Waals surface area contributed by atoms with Gasteiger partial charge in [-0.3, -0.25) is 0 Å². The van der Waals surface area contributed by atoms with E-state index in [4.69, 9.17) is 18.9 Å². The fourth-order valence-corrected chi connectivity index (χ4v) is 6.30. The number of carbonyl (C=O) groups is 2. The number of hydrogen-bond donors (Lipinski definition) is 2. The molecule has 328 valence electrons. The van der Waals surface area contributed by atoms with Gasteiger partial charge < -0.3 is 38.7 Å². The van der Waals surface area contributed by atoms with Crippen molar-refractivity contribution in [1.82, 2.24) is 0 Å². The lowest BCUT2D eigenvalue weighted by molar-refractivity contribution is -0.506. The van der Waals surface area contributed by atoms with E-state index in [2.05, 4.69) is 9.98 Å². The molecule has 2 unspecified atom stereocenters. The number of methoxy groups -OCH3 is 4. The molecule has 2 aliphatic heterocycles. The average molecular weight is 875 g/mol. The molecule has 2 atom stereocenters. The Morgan fingerprint density at radius 1 is 0.565 bits per heavy atom. The minimum Gasteiger partial charge on any atom is -0.545 e. The van der Waals surface area contributed by atoms with Crippen LogP contribution in [-0.4, -0.2) is 77.2 Å². The van der Waals surface area contributed by atoms with E-state index in [0.717, 1.165) is 25.3 Å². The highest BCUT2D eigenvalue weighted by Gasteiger charge is 2.63. The SMILES string of the molecule is COc1ccc2c(c1)C(OC)(C(F)(F)F)C[NH+]=C2C=Cc1ccc(F)cc1.COc1ccc2c(c1)C(OC)(C(F)(F)F)C[NH+]=C2C=Cc1ccc(F)cc1.O=C([O-])/C=C\C(=O)[O-]. The first-order valence-corrected chi connectivity index (χ1v) is 18.0. The van der Waals surface area contributed by atoms with Gasteiger partial charge in [-0.25, -0.2) is 18.8 Å². The van der Waals surface area contributed by atoms with Crippen LogP contribution < -0.4 is 29.7 Å². The van der Waals surface area contributed by atoms with Crippen LogP contribution in [0.25, 0.3) is 12.2 Å². The van der Waals surface area contributed by atoms with Crippen molar-refractivity contribution in [1.29, 1.82) is 0 Å². The number of fused-ring (bicyclic) bond motifs is 2. The molecule has 62 heavy (non-hydrogen) atoms. The van der Waals surface area contributed by atoms with Crippen LogP contribution in [0, 0.1) is 11.6 Å². The molecule has 2 N–H and O–H groups in total. The van der Waals surface area contributed by atoms with Crippen LogP contribution in [0.2, 0.25) is 0 Å². The molecular formula is C44H38F8N2O8. The zero-order valence-electron chi connectivity index (χ0n) is 33.3. The summed E-state index contributed by atoms with van der Waals surface area (Å²) >= 11 is 0. The third-order valence-corrected chi connectivity index (χ3v) is 9.55. The van der Waals surface area contributed by atoms with Crippen molar-refractivity contribution in [3.05, 3.63) is 154 Å². The zero-order chi connectivity index (χ0) is 45.9. The topological polar surface area (TPSA) is 145 Å². The van der Waals surface area contributed by atoms with Gasteiger partial charge in [-0.1, -0.05) is 24.3 Å². The molecule has 4 aromatic rings. The lowest BCUT2D eigenvalue weighted by Gasteiger charge is -2.34. The Morgan fingerprint density at radius 3 is 1.18 bits per heavy atom. The Bertz CT molecular complexity index is 2210. The predicted octanol–water partition coefficient (Wildman–Crippen LogP) is 2.71. The van der Waals surface area contributed by atoms with E-state index in [0.29, 0.717) is 46.2 Å². The Morgan fingerprint density at radius 2 is 0.903 bits per heavy atom. The number of benzene rings is 4. The molecule has 0 fully saturated rings. The van der Waals surface area contributed by atoms with Gasteiger partial charge in [0.1, 0.15) is 23.1 Å². The zero-order valence-corrected chi connectivity index (χ0v) is 33.3. The highest BCUT2D eigenvalue weighted by atomic mass is 19.4. The van der Waals surface area contributed by atoms with Crippen molar-refractivity contribution in [2.24, 2.45) is 0 Å². The van der Waals surface area contributed by atoms with Gasteiger partial charge in [-0.2, -0.15) is 26.3 Å². The predicted molar refractivity (Wildman–Crippen MR) is 205 cm³/mol. The lowest BCUT2D eigenvalue weighted by Crippen LogP contribution is -2.82. The Labute approximate surface area is 349 Å². The molecule has 0 radical (unpaired) electrons. The summed E-state index contributed by atoms with van der Waals surface area (Å²) in [6.45, 7) is -0.952. The van der Waals surface area contributed by atoms with Crippen LogP contribution in [0.3, 0.4) is 0 Å². The molecule has 0 aromatic heterocycles. The van der Waals surface area contributed by atoms with E-state index in [9.17, 15) is 54.9 Å². The molecule has 6 rings (SSSR count). The maximum Gasteiger partial charge on any atom is 0.428 e. The molecule has 2 heterocycles. The molecular weight excluding hydrogens is 836 g/mol.